The zero-order valence-electron chi connectivity index (χ0n) is 7.01. The predicted octanol–water partition coefficient (Wildman–Crippen LogP) is -1.02. The molecule has 1 heterocycles. The summed E-state index contributed by atoms with van der Waals surface area (Å²) < 4.78 is 0. The topological polar surface area (TPSA) is 119 Å². The summed E-state index contributed by atoms with van der Waals surface area (Å²) in [7, 11) is 0. The maximum Gasteiger partial charge on any atom is 0.178 e. The molecule has 0 radical (unpaired) electrons. The van der Waals surface area contributed by atoms with Crippen molar-refractivity contribution in [2.24, 2.45) is 10.8 Å². The lowest BCUT2D eigenvalue weighted by atomic mass is 10.4. The zero-order chi connectivity index (χ0) is 9.84. The summed E-state index contributed by atoms with van der Waals surface area (Å²) in [5, 5.41) is 4.94. The first-order valence-corrected chi connectivity index (χ1v) is 3.51. The summed E-state index contributed by atoms with van der Waals surface area (Å²) in [6.45, 7) is 3.45. The van der Waals surface area contributed by atoms with E-state index in [1.807, 2.05) is 0 Å². The molecule has 6 N–H and O–H groups in total. The van der Waals surface area contributed by atoms with E-state index in [0.29, 0.717) is 5.82 Å². The molecule has 0 saturated carbocycles. The third-order valence-electron chi connectivity index (χ3n) is 1.48. The lowest BCUT2D eigenvalue weighted by molar-refractivity contribution is 0.850. The fourth-order valence-electron chi connectivity index (χ4n) is 0.816. The van der Waals surface area contributed by atoms with E-state index in [2.05, 4.69) is 21.8 Å². The lowest BCUT2D eigenvalue weighted by Crippen LogP contribution is -2.26. The molecule has 0 spiro atoms. The Labute approximate surface area is 75.2 Å². The third kappa shape index (κ3) is 1.64. The van der Waals surface area contributed by atoms with E-state index in [0.717, 1.165) is 0 Å². The van der Waals surface area contributed by atoms with Crippen molar-refractivity contribution in [3.8, 4) is 0 Å². The van der Waals surface area contributed by atoms with E-state index in [9.17, 15) is 0 Å². The molecular formula is C6H11N7. The fraction of sp³-hybridized carbons (Fsp3) is 0.167. The number of rotatable bonds is 3. The molecule has 0 aliphatic rings. The van der Waals surface area contributed by atoms with Gasteiger partial charge in [0.1, 0.15) is 12.0 Å². The van der Waals surface area contributed by atoms with Gasteiger partial charge in [-0.15, -0.1) is 0 Å². The van der Waals surface area contributed by atoms with Crippen LogP contribution in [-0.4, -0.2) is 23.4 Å². The molecule has 0 unspecified atom stereocenters. The average molecular weight is 181 g/mol. The number of hydrogen-bond donors (Lipinski definition) is 3. The van der Waals surface area contributed by atoms with Crippen LogP contribution in [0.25, 0.3) is 0 Å². The molecule has 1 aromatic rings. The monoisotopic (exact) mass is 181 g/mol. The number of aromatic nitrogens is 2. The van der Waals surface area contributed by atoms with Crippen molar-refractivity contribution in [2.45, 2.75) is 0 Å². The van der Waals surface area contributed by atoms with Crippen LogP contribution in [0.1, 0.15) is 0 Å². The Bertz CT molecular complexity index is 310. The van der Waals surface area contributed by atoms with Crippen LogP contribution in [0, 0.1) is 0 Å². The molecule has 0 amide bonds. The van der Waals surface area contributed by atoms with Crippen LogP contribution in [0.4, 0.5) is 17.3 Å². The van der Waals surface area contributed by atoms with Gasteiger partial charge < -0.3 is 17.2 Å². The SMILES string of the molecule is C=NN(CN)c1ncnc(N)c1N. The van der Waals surface area contributed by atoms with Crippen LogP contribution >= 0.6 is 0 Å². The minimum absolute atomic E-state index is 0.129. The van der Waals surface area contributed by atoms with Gasteiger partial charge in [0.2, 0.25) is 0 Å². The highest BCUT2D eigenvalue weighted by Crippen LogP contribution is 2.22. The van der Waals surface area contributed by atoms with Crippen LogP contribution in [0.3, 0.4) is 0 Å². The smallest absolute Gasteiger partial charge is 0.178 e. The van der Waals surface area contributed by atoms with E-state index >= 15 is 0 Å². The van der Waals surface area contributed by atoms with Gasteiger partial charge in [-0.1, -0.05) is 0 Å². The van der Waals surface area contributed by atoms with Crippen molar-refractivity contribution in [2.75, 3.05) is 23.1 Å². The number of nitrogens with two attached hydrogens (primary N) is 3. The molecule has 7 heteroatoms. The van der Waals surface area contributed by atoms with Crippen LogP contribution in [0.5, 0.6) is 0 Å². The first-order valence-electron chi connectivity index (χ1n) is 3.51. The van der Waals surface area contributed by atoms with Crippen molar-refractivity contribution in [1.82, 2.24) is 9.97 Å². The van der Waals surface area contributed by atoms with Crippen LogP contribution in [-0.2, 0) is 0 Å². The summed E-state index contributed by atoms with van der Waals surface area (Å²) in [5.41, 5.74) is 16.7. The van der Waals surface area contributed by atoms with Gasteiger partial charge in [-0.25, -0.2) is 15.0 Å². The standard InChI is InChI=1S/C6H11N7/c1-10-13(2-7)6-4(8)5(9)11-3-12-6/h3H,1-2,7-8H2,(H2,9,11,12). The number of hydrogen-bond acceptors (Lipinski definition) is 7. The number of anilines is 3. The molecule has 0 fully saturated rings. The van der Waals surface area contributed by atoms with E-state index in [1.54, 1.807) is 0 Å². The molecule has 7 nitrogen and oxygen atoms in total. The highest BCUT2D eigenvalue weighted by molar-refractivity contribution is 5.73. The minimum Gasteiger partial charge on any atom is -0.393 e. The molecule has 0 bridgehead atoms. The van der Waals surface area contributed by atoms with Gasteiger partial charge in [-0.2, -0.15) is 5.10 Å². The van der Waals surface area contributed by atoms with Crippen LogP contribution in [0.15, 0.2) is 11.4 Å². The Balaban J connectivity index is 3.13. The molecule has 13 heavy (non-hydrogen) atoms. The molecule has 0 saturated heterocycles. The largest absolute Gasteiger partial charge is 0.393 e. The molecular weight excluding hydrogens is 170 g/mol. The maximum atomic E-state index is 5.60. The Kier molecular flexibility index (Phi) is 2.60. The van der Waals surface area contributed by atoms with Crippen molar-refractivity contribution < 1.29 is 0 Å². The molecule has 1 rings (SSSR count). The average Bonchev–Trinajstić information content (AvgIpc) is 2.14. The molecule has 0 aliphatic carbocycles. The van der Waals surface area contributed by atoms with Gasteiger partial charge in [-0.05, 0) is 0 Å². The Morgan fingerprint density at radius 2 is 2.15 bits per heavy atom. The van der Waals surface area contributed by atoms with Crippen molar-refractivity contribution in [1.29, 1.82) is 0 Å². The maximum absolute atomic E-state index is 5.60. The lowest BCUT2D eigenvalue weighted by Gasteiger charge is -2.16. The predicted molar refractivity (Wildman–Crippen MR) is 51.9 cm³/mol. The molecule has 0 aliphatic heterocycles. The molecule has 0 atom stereocenters. The fourth-order valence-corrected chi connectivity index (χ4v) is 0.816. The summed E-state index contributed by atoms with van der Waals surface area (Å²) in [6, 6.07) is 0. The van der Waals surface area contributed by atoms with Crippen molar-refractivity contribution >= 4 is 24.0 Å². The summed E-state index contributed by atoms with van der Waals surface area (Å²) in [6.07, 6.45) is 1.29. The van der Waals surface area contributed by atoms with Gasteiger partial charge in [0.05, 0.1) is 6.67 Å². The van der Waals surface area contributed by atoms with Gasteiger partial charge in [0, 0.05) is 6.72 Å². The quantitative estimate of drug-likeness (QED) is 0.312. The summed E-state index contributed by atoms with van der Waals surface area (Å²) >= 11 is 0. The van der Waals surface area contributed by atoms with Crippen molar-refractivity contribution in [3.05, 3.63) is 6.33 Å². The summed E-state index contributed by atoms with van der Waals surface area (Å²) in [4.78, 5) is 7.58. The number of nitrogen functional groups attached to an aromatic ring is 2. The zero-order valence-corrected chi connectivity index (χ0v) is 7.01. The molecule has 70 valence electrons. The van der Waals surface area contributed by atoms with Crippen molar-refractivity contribution in [3.63, 3.8) is 0 Å². The van der Waals surface area contributed by atoms with Gasteiger partial charge in [0.25, 0.3) is 0 Å². The number of hydrazone groups is 1. The van der Waals surface area contributed by atoms with E-state index in [1.165, 1.54) is 11.3 Å². The van der Waals surface area contributed by atoms with Gasteiger partial charge >= 0.3 is 0 Å². The van der Waals surface area contributed by atoms with Gasteiger partial charge in [-0.3, -0.25) is 0 Å². The minimum atomic E-state index is 0.129. The van der Waals surface area contributed by atoms with Crippen LogP contribution < -0.4 is 22.2 Å². The van der Waals surface area contributed by atoms with E-state index < -0.39 is 0 Å². The second-order valence-electron chi connectivity index (χ2n) is 2.22. The van der Waals surface area contributed by atoms with E-state index in [-0.39, 0.29) is 18.2 Å². The normalized spacial score (nSPS) is 9.62. The van der Waals surface area contributed by atoms with Gasteiger partial charge in [0.15, 0.2) is 11.6 Å². The second-order valence-corrected chi connectivity index (χ2v) is 2.22. The highest BCUT2D eigenvalue weighted by Gasteiger charge is 2.10. The first kappa shape index (κ1) is 9.20. The molecule has 1 aromatic heterocycles. The highest BCUT2D eigenvalue weighted by atomic mass is 15.5. The molecule has 0 aromatic carbocycles. The first-order chi connectivity index (χ1) is 6.20. The summed E-state index contributed by atoms with van der Waals surface area (Å²) in [5.74, 6) is 0.567. The van der Waals surface area contributed by atoms with Crippen LogP contribution in [0.2, 0.25) is 0 Å². The number of nitrogens with zero attached hydrogens (tertiary/aromatic N) is 4. The second kappa shape index (κ2) is 3.68. The Morgan fingerprint density at radius 3 is 2.69 bits per heavy atom. The third-order valence-corrected chi connectivity index (χ3v) is 1.48. The Hall–Kier alpha value is -1.89. The van der Waals surface area contributed by atoms with E-state index in [4.69, 9.17) is 17.2 Å². The Morgan fingerprint density at radius 1 is 1.46 bits per heavy atom.